The van der Waals surface area contributed by atoms with E-state index in [4.69, 9.17) is 5.10 Å². The van der Waals surface area contributed by atoms with Crippen LogP contribution in [0.15, 0.2) is 60.9 Å². The predicted molar refractivity (Wildman–Crippen MR) is 106 cm³/mol. The highest BCUT2D eigenvalue weighted by molar-refractivity contribution is 5.92. The minimum Gasteiger partial charge on any atom is -0.329 e. The summed E-state index contributed by atoms with van der Waals surface area (Å²) in [5.41, 5.74) is 3.00. The third-order valence-corrected chi connectivity index (χ3v) is 4.74. The van der Waals surface area contributed by atoms with Gasteiger partial charge >= 0.3 is 0 Å². The Morgan fingerprint density at radius 3 is 2.41 bits per heavy atom. The molecular weight excluding hydrogens is 336 g/mol. The number of carbonyl (C=O) groups excluding carboxylic acids is 1. The summed E-state index contributed by atoms with van der Waals surface area (Å²) in [6.45, 7) is 7.57. The lowest BCUT2D eigenvalue weighted by Gasteiger charge is -2.24. The van der Waals surface area contributed by atoms with E-state index in [9.17, 15) is 4.79 Å². The standard InChI is InChI=1S/C22H24N4O/c1-22(2,3)26-21(24-13-7-8-14-24)18-15-25(16-19(18)23-26)20(27)12-11-17-9-5-4-6-10-17/h4-14H,15-16H2,1-3H3. The van der Waals surface area contributed by atoms with Crippen LogP contribution in [0.3, 0.4) is 0 Å². The quantitative estimate of drug-likeness (QED) is 0.663. The maximum absolute atomic E-state index is 12.7. The van der Waals surface area contributed by atoms with Gasteiger partial charge in [0.15, 0.2) is 0 Å². The molecule has 5 nitrogen and oxygen atoms in total. The van der Waals surface area contributed by atoms with Crippen molar-refractivity contribution in [1.29, 1.82) is 0 Å². The molecule has 27 heavy (non-hydrogen) atoms. The summed E-state index contributed by atoms with van der Waals surface area (Å²) in [7, 11) is 0. The topological polar surface area (TPSA) is 43.1 Å². The van der Waals surface area contributed by atoms with Crippen LogP contribution in [-0.4, -0.2) is 25.2 Å². The van der Waals surface area contributed by atoms with Crippen LogP contribution in [0.5, 0.6) is 0 Å². The van der Waals surface area contributed by atoms with Gasteiger partial charge in [-0.1, -0.05) is 30.3 Å². The molecule has 0 saturated carbocycles. The van der Waals surface area contributed by atoms with Crippen LogP contribution in [0, 0.1) is 0 Å². The van der Waals surface area contributed by atoms with E-state index in [0.717, 1.165) is 22.6 Å². The van der Waals surface area contributed by atoms with Gasteiger partial charge in [-0.2, -0.15) is 5.10 Å². The molecule has 4 rings (SSSR count). The molecule has 1 aliphatic heterocycles. The average molecular weight is 360 g/mol. The van der Waals surface area contributed by atoms with E-state index in [1.807, 2.05) is 65.8 Å². The molecule has 5 heteroatoms. The van der Waals surface area contributed by atoms with Gasteiger partial charge in [-0.05, 0) is 44.5 Å². The van der Waals surface area contributed by atoms with Gasteiger partial charge in [0, 0.05) is 24.0 Å². The Morgan fingerprint density at radius 1 is 1.04 bits per heavy atom. The molecule has 0 spiro atoms. The number of hydrogen-bond donors (Lipinski definition) is 0. The first-order valence-electron chi connectivity index (χ1n) is 9.20. The smallest absolute Gasteiger partial charge is 0.247 e. The molecule has 138 valence electrons. The number of amides is 1. The summed E-state index contributed by atoms with van der Waals surface area (Å²) in [6.07, 6.45) is 7.56. The molecule has 0 radical (unpaired) electrons. The van der Waals surface area contributed by atoms with Gasteiger partial charge in [-0.25, -0.2) is 4.68 Å². The Labute approximate surface area is 159 Å². The molecule has 3 aromatic rings. The number of fused-ring (bicyclic) bond motifs is 1. The molecule has 0 N–H and O–H groups in total. The van der Waals surface area contributed by atoms with Crippen LogP contribution in [0.25, 0.3) is 11.9 Å². The summed E-state index contributed by atoms with van der Waals surface area (Å²) in [4.78, 5) is 14.5. The molecule has 0 saturated heterocycles. The number of rotatable bonds is 3. The molecule has 0 fully saturated rings. The molecular formula is C22H24N4O. The van der Waals surface area contributed by atoms with Crippen molar-refractivity contribution in [3.8, 4) is 5.82 Å². The molecule has 0 bridgehead atoms. The lowest BCUT2D eigenvalue weighted by Crippen LogP contribution is -2.29. The maximum Gasteiger partial charge on any atom is 0.247 e. The summed E-state index contributed by atoms with van der Waals surface area (Å²) >= 11 is 0. The minimum absolute atomic E-state index is 0.0117. The lowest BCUT2D eigenvalue weighted by molar-refractivity contribution is -0.126. The van der Waals surface area contributed by atoms with Crippen molar-refractivity contribution >= 4 is 12.0 Å². The zero-order chi connectivity index (χ0) is 19.0. The van der Waals surface area contributed by atoms with Crippen LogP contribution >= 0.6 is 0 Å². The van der Waals surface area contributed by atoms with Crippen molar-refractivity contribution in [3.63, 3.8) is 0 Å². The molecule has 1 amide bonds. The molecule has 1 aliphatic rings. The van der Waals surface area contributed by atoms with Gasteiger partial charge < -0.3 is 9.47 Å². The van der Waals surface area contributed by atoms with Crippen LogP contribution in [0.1, 0.15) is 37.6 Å². The van der Waals surface area contributed by atoms with Crippen LogP contribution in [0.4, 0.5) is 0 Å². The fourth-order valence-corrected chi connectivity index (χ4v) is 3.40. The summed E-state index contributed by atoms with van der Waals surface area (Å²) in [5.74, 6) is 1.06. The largest absolute Gasteiger partial charge is 0.329 e. The first-order valence-corrected chi connectivity index (χ1v) is 9.20. The van der Waals surface area contributed by atoms with Gasteiger partial charge in [-0.15, -0.1) is 0 Å². The monoisotopic (exact) mass is 360 g/mol. The minimum atomic E-state index is -0.133. The average Bonchev–Trinajstić information content (AvgIpc) is 3.34. The van der Waals surface area contributed by atoms with Gasteiger partial charge in [-0.3, -0.25) is 4.79 Å². The highest BCUT2D eigenvalue weighted by Crippen LogP contribution is 2.32. The Kier molecular flexibility index (Phi) is 4.22. The summed E-state index contributed by atoms with van der Waals surface area (Å²) in [5, 5.41) is 4.85. The second-order valence-corrected chi connectivity index (χ2v) is 7.86. The Balaban J connectivity index is 1.61. The number of carbonyl (C=O) groups is 1. The zero-order valence-corrected chi connectivity index (χ0v) is 16.0. The van der Waals surface area contributed by atoms with E-state index in [1.165, 1.54) is 0 Å². The van der Waals surface area contributed by atoms with Crippen molar-refractivity contribution in [3.05, 3.63) is 77.8 Å². The van der Waals surface area contributed by atoms with Crippen molar-refractivity contribution in [1.82, 2.24) is 19.2 Å². The molecule has 0 aliphatic carbocycles. The molecule has 2 aromatic heterocycles. The maximum atomic E-state index is 12.7. The van der Waals surface area contributed by atoms with E-state index in [1.54, 1.807) is 6.08 Å². The van der Waals surface area contributed by atoms with Crippen LogP contribution in [0.2, 0.25) is 0 Å². The van der Waals surface area contributed by atoms with E-state index < -0.39 is 0 Å². The summed E-state index contributed by atoms with van der Waals surface area (Å²) < 4.78 is 4.16. The Hall–Kier alpha value is -3.08. The number of hydrogen-bond acceptors (Lipinski definition) is 2. The first-order chi connectivity index (χ1) is 12.9. The SMILES string of the molecule is CC(C)(C)n1nc2c(c1-n1cccc1)CN(C(=O)C=Cc1ccccc1)C2. The number of aromatic nitrogens is 3. The van der Waals surface area contributed by atoms with Crippen LogP contribution < -0.4 is 0 Å². The molecule has 1 aromatic carbocycles. The number of nitrogens with zero attached hydrogens (tertiary/aromatic N) is 4. The van der Waals surface area contributed by atoms with Crippen molar-refractivity contribution in [2.45, 2.75) is 39.4 Å². The van der Waals surface area contributed by atoms with Gasteiger partial charge in [0.25, 0.3) is 0 Å². The third-order valence-electron chi connectivity index (χ3n) is 4.74. The number of benzene rings is 1. The normalized spacial score (nSPS) is 14.1. The van der Waals surface area contributed by atoms with Crippen molar-refractivity contribution in [2.24, 2.45) is 0 Å². The molecule has 0 unspecified atom stereocenters. The first kappa shape index (κ1) is 17.3. The second kappa shape index (κ2) is 6.58. The van der Waals surface area contributed by atoms with Crippen LogP contribution in [-0.2, 0) is 23.4 Å². The van der Waals surface area contributed by atoms with E-state index in [-0.39, 0.29) is 11.4 Å². The fourth-order valence-electron chi connectivity index (χ4n) is 3.40. The van der Waals surface area contributed by atoms with Gasteiger partial charge in [0.05, 0.1) is 24.3 Å². The van der Waals surface area contributed by atoms with Crippen molar-refractivity contribution < 1.29 is 4.79 Å². The summed E-state index contributed by atoms with van der Waals surface area (Å²) in [6, 6.07) is 13.9. The van der Waals surface area contributed by atoms with Crippen molar-refractivity contribution in [2.75, 3.05) is 0 Å². The van der Waals surface area contributed by atoms with Gasteiger partial charge in [0.2, 0.25) is 5.91 Å². The zero-order valence-electron chi connectivity index (χ0n) is 16.0. The predicted octanol–water partition coefficient (Wildman–Crippen LogP) is 3.98. The third kappa shape index (κ3) is 3.33. The van der Waals surface area contributed by atoms with E-state index in [2.05, 4.69) is 30.0 Å². The fraction of sp³-hybridized carbons (Fsp3) is 0.273. The highest BCUT2D eigenvalue weighted by atomic mass is 16.2. The Bertz CT molecular complexity index is 975. The highest BCUT2D eigenvalue weighted by Gasteiger charge is 2.32. The molecule has 3 heterocycles. The van der Waals surface area contributed by atoms with E-state index >= 15 is 0 Å². The lowest BCUT2D eigenvalue weighted by atomic mass is 10.1. The second-order valence-electron chi connectivity index (χ2n) is 7.86. The Morgan fingerprint density at radius 2 is 1.74 bits per heavy atom. The van der Waals surface area contributed by atoms with E-state index in [0.29, 0.717) is 13.1 Å². The van der Waals surface area contributed by atoms with Gasteiger partial charge in [0.1, 0.15) is 5.82 Å². The molecule has 0 atom stereocenters.